The number of ether oxygens (including phenoxy) is 1. The molecule has 0 saturated carbocycles. The minimum absolute atomic E-state index is 0.155. The zero-order valence-electron chi connectivity index (χ0n) is 13.2. The fourth-order valence-electron chi connectivity index (χ4n) is 3.20. The van der Waals surface area contributed by atoms with Crippen molar-refractivity contribution in [2.75, 3.05) is 12.4 Å². The van der Waals surface area contributed by atoms with Gasteiger partial charge in [0.1, 0.15) is 0 Å². The van der Waals surface area contributed by atoms with Crippen LogP contribution in [0.3, 0.4) is 0 Å². The Hall–Kier alpha value is -2.16. The number of hydrogen-bond donors (Lipinski definition) is 2. The standard InChI is InChI=1S/C19H23NO2/c1-13(15-10-11-18(21)19(12-15)22-2)20-17-9-5-7-14-6-3-4-8-16(14)17/h5,7,9-13,20-21H,3-4,6,8H2,1-2H3. The highest BCUT2D eigenvalue weighted by Crippen LogP contribution is 2.33. The predicted octanol–water partition coefficient (Wildman–Crippen LogP) is 4.45. The van der Waals surface area contributed by atoms with E-state index in [1.165, 1.54) is 36.1 Å². The Kier molecular flexibility index (Phi) is 4.23. The third-order valence-electron chi connectivity index (χ3n) is 4.47. The van der Waals surface area contributed by atoms with Gasteiger partial charge >= 0.3 is 0 Å². The molecule has 0 heterocycles. The van der Waals surface area contributed by atoms with Crippen molar-refractivity contribution in [2.45, 2.75) is 38.6 Å². The van der Waals surface area contributed by atoms with Gasteiger partial charge in [0, 0.05) is 11.7 Å². The molecule has 1 atom stereocenters. The van der Waals surface area contributed by atoms with Gasteiger partial charge in [-0.3, -0.25) is 0 Å². The first-order valence-corrected chi connectivity index (χ1v) is 7.93. The summed E-state index contributed by atoms with van der Waals surface area (Å²) >= 11 is 0. The van der Waals surface area contributed by atoms with Crippen LogP contribution in [0.5, 0.6) is 11.5 Å². The second-order valence-electron chi connectivity index (χ2n) is 5.95. The Morgan fingerprint density at radius 2 is 1.95 bits per heavy atom. The Bertz CT molecular complexity index is 666. The zero-order chi connectivity index (χ0) is 15.5. The molecule has 116 valence electrons. The van der Waals surface area contributed by atoms with Gasteiger partial charge in [0.2, 0.25) is 0 Å². The number of phenolic OH excluding ortho intramolecular Hbond substituents is 1. The molecule has 1 aliphatic carbocycles. The molecule has 0 saturated heterocycles. The summed E-state index contributed by atoms with van der Waals surface area (Å²) in [6.07, 6.45) is 4.91. The molecule has 3 heteroatoms. The van der Waals surface area contributed by atoms with E-state index in [1.54, 1.807) is 13.2 Å². The van der Waals surface area contributed by atoms with Gasteiger partial charge in [-0.15, -0.1) is 0 Å². The summed E-state index contributed by atoms with van der Waals surface area (Å²) in [5.41, 5.74) is 5.28. The van der Waals surface area contributed by atoms with Gasteiger partial charge in [-0.1, -0.05) is 18.2 Å². The summed E-state index contributed by atoms with van der Waals surface area (Å²) < 4.78 is 5.20. The molecule has 2 N–H and O–H groups in total. The van der Waals surface area contributed by atoms with Crippen LogP contribution >= 0.6 is 0 Å². The lowest BCUT2D eigenvalue weighted by Crippen LogP contribution is -2.12. The van der Waals surface area contributed by atoms with Crippen molar-refractivity contribution in [3.8, 4) is 11.5 Å². The molecule has 0 fully saturated rings. The number of fused-ring (bicyclic) bond motifs is 1. The Labute approximate surface area is 131 Å². The summed E-state index contributed by atoms with van der Waals surface area (Å²) in [7, 11) is 1.57. The lowest BCUT2D eigenvalue weighted by atomic mass is 9.90. The summed E-state index contributed by atoms with van der Waals surface area (Å²) in [6.45, 7) is 2.13. The molecule has 0 bridgehead atoms. The molecule has 0 radical (unpaired) electrons. The van der Waals surface area contributed by atoms with Crippen LogP contribution in [0, 0.1) is 0 Å². The van der Waals surface area contributed by atoms with E-state index >= 15 is 0 Å². The fraction of sp³-hybridized carbons (Fsp3) is 0.368. The van der Waals surface area contributed by atoms with Crippen LogP contribution in [0.15, 0.2) is 36.4 Å². The van der Waals surface area contributed by atoms with Gasteiger partial charge in [-0.2, -0.15) is 0 Å². The number of anilines is 1. The van der Waals surface area contributed by atoms with Crippen LogP contribution in [0.4, 0.5) is 5.69 Å². The lowest BCUT2D eigenvalue weighted by Gasteiger charge is -2.23. The monoisotopic (exact) mass is 297 g/mol. The molecule has 1 aliphatic rings. The van der Waals surface area contributed by atoms with Crippen LogP contribution in [0.2, 0.25) is 0 Å². The Morgan fingerprint density at radius 3 is 2.77 bits per heavy atom. The minimum atomic E-state index is 0.155. The number of benzene rings is 2. The Balaban J connectivity index is 1.84. The highest BCUT2D eigenvalue weighted by Gasteiger charge is 2.15. The van der Waals surface area contributed by atoms with Crippen molar-refractivity contribution in [1.82, 2.24) is 0 Å². The number of phenols is 1. The molecular weight excluding hydrogens is 274 g/mol. The zero-order valence-corrected chi connectivity index (χ0v) is 13.2. The SMILES string of the molecule is COc1cc(C(C)Nc2cccc3c2CCCC3)ccc1O. The number of aromatic hydroxyl groups is 1. The second kappa shape index (κ2) is 6.30. The van der Waals surface area contributed by atoms with Gasteiger partial charge in [-0.05, 0) is 67.5 Å². The summed E-state index contributed by atoms with van der Waals surface area (Å²) in [5.74, 6) is 0.691. The van der Waals surface area contributed by atoms with Crippen LogP contribution in [-0.2, 0) is 12.8 Å². The maximum Gasteiger partial charge on any atom is 0.160 e. The van der Waals surface area contributed by atoms with Gasteiger partial charge in [-0.25, -0.2) is 0 Å². The van der Waals surface area contributed by atoms with E-state index < -0.39 is 0 Å². The number of methoxy groups -OCH3 is 1. The van der Waals surface area contributed by atoms with Gasteiger partial charge in [0.15, 0.2) is 11.5 Å². The first-order chi connectivity index (χ1) is 10.7. The predicted molar refractivity (Wildman–Crippen MR) is 89.8 cm³/mol. The lowest BCUT2D eigenvalue weighted by molar-refractivity contribution is 0.373. The molecule has 1 unspecified atom stereocenters. The van der Waals surface area contributed by atoms with E-state index in [0.29, 0.717) is 5.75 Å². The molecule has 3 rings (SSSR count). The largest absolute Gasteiger partial charge is 0.504 e. The van der Waals surface area contributed by atoms with Gasteiger partial charge < -0.3 is 15.2 Å². The van der Waals surface area contributed by atoms with Crippen molar-refractivity contribution in [2.24, 2.45) is 0 Å². The summed E-state index contributed by atoms with van der Waals surface area (Å²) in [4.78, 5) is 0. The summed E-state index contributed by atoms with van der Waals surface area (Å²) in [5, 5.41) is 13.3. The van der Waals surface area contributed by atoms with E-state index in [2.05, 4.69) is 30.4 Å². The first kappa shape index (κ1) is 14.8. The minimum Gasteiger partial charge on any atom is -0.504 e. The van der Waals surface area contributed by atoms with Crippen molar-refractivity contribution in [3.05, 3.63) is 53.1 Å². The molecule has 0 aromatic heterocycles. The molecule has 0 aliphatic heterocycles. The van der Waals surface area contributed by atoms with Crippen molar-refractivity contribution < 1.29 is 9.84 Å². The Morgan fingerprint density at radius 1 is 1.14 bits per heavy atom. The van der Waals surface area contributed by atoms with Crippen LogP contribution in [-0.4, -0.2) is 12.2 Å². The topological polar surface area (TPSA) is 41.5 Å². The van der Waals surface area contributed by atoms with E-state index in [1.807, 2.05) is 12.1 Å². The normalized spacial score (nSPS) is 15.0. The molecule has 3 nitrogen and oxygen atoms in total. The van der Waals surface area contributed by atoms with E-state index in [-0.39, 0.29) is 11.8 Å². The maximum atomic E-state index is 9.72. The van der Waals surface area contributed by atoms with Gasteiger partial charge in [0.25, 0.3) is 0 Å². The van der Waals surface area contributed by atoms with Crippen LogP contribution < -0.4 is 10.1 Å². The molecule has 2 aromatic rings. The first-order valence-electron chi connectivity index (χ1n) is 7.93. The smallest absolute Gasteiger partial charge is 0.160 e. The number of rotatable bonds is 4. The maximum absolute atomic E-state index is 9.72. The fourth-order valence-corrected chi connectivity index (χ4v) is 3.20. The number of aryl methyl sites for hydroxylation is 1. The van der Waals surface area contributed by atoms with Crippen LogP contribution in [0.25, 0.3) is 0 Å². The average Bonchev–Trinajstić information content (AvgIpc) is 2.55. The van der Waals surface area contributed by atoms with Crippen LogP contribution in [0.1, 0.15) is 42.5 Å². The average molecular weight is 297 g/mol. The third-order valence-corrected chi connectivity index (χ3v) is 4.47. The van der Waals surface area contributed by atoms with E-state index in [0.717, 1.165) is 12.0 Å². The number of nitrogens with one attached hydrogen (secondary N) is 1. The number of hydrogen-bond acceptors (Lipinski definition) is 3. The van der Waals surface area contributed by atoms with E-state index in [9.17, 15) is 5.11 Å². The molecule has 2 aromatic carbocycles. The highest BCUT2D eigenvalue weighted by molar-refractivity contribution is 5.57. The van der Waals surface area contributed by atoms with Crippen molar-refractivity contribution in [1.29, 1.82) is 0 Å². The second-order valence-corrected chi connectivity index (χ2v) is 5.95. The quantitative estimate of drug-likeness (QED) is 0.876. The van der Waals surface area contributed by atoms with Crippen molar-refractivity contribution >= 4 is 5.69 Å². The van der Waals surface area contributed by atoms with Crippen molar-refractivity contribution in [3.63, 3.8) is 0 Å². The molecule has 22 heavy (non-hydrogen) atoms. The molecular formula is C19H23NO2. The molecule has 0 spiro atoms. The summed E-state index contributed by atoms with van der Waals surface area (Å²) in [6, 6.07) is 12.2. The molecule has 0 amide bonds. The third kappa shape index (κ3) is 2.89. The van der Waals surface area contributed by atoms with E-state index in [4.69, 9.17) is 4.74 Å². The highest BCUT2D eigenvalue weighted by atomic mass is 16.5. The van der Waals surface area contributed by atoms with Gasteiger partial charge in [0.05, 0.1) is 7.11 Å².